The number of carbonyl (C=O) groups is 2. The molecule has 0 saturated carbocycles. The number of hydrogen-bond donors (Lipinski definition) is 2. The fourth-order valence-electron chi connectivity index (χ4n) is 3.46. The second-order valence-electron chi connectivity index (χ2n) is 7.86. The number of aliphatic hydroxyl groups excluding tert-OH is 1. The topological polar surface area (TPSA) is 78.9 Å². The lowest BCUT2D eigenvalue weighted by atomic mass is 10.1. The molecule has 1 aromatic carbocycles. The van der Waals surface area contributed by atoms with E-state index in [1.54, 1.807) is 20.8 Å². The van der Waals surface area contributed by atoms with Crippen LogP contribution in [-0.4, -0.2) is 46.3 Å². The summed E-state index contributed by atoms with van der Waals surface area (Å²) >= 11 is 0. The van der Waals surface area contributed by atoms with Gasteiger partial charge in [-0.1, -0.05) is 6.07 Å². The quantitative estimate of drug-likeness (QED) is 0.862. The van der Waals surface area contributed by atoms with Crippen LogP contribution < -0.4 is 5.32 Å². The van der Waals surface area contributed by atoms with Gasteiger partial charge in [-0.2, -0.15) is 0 Å². The third kappa shape index (κ3) is 4.12. The van der Waals surface area contributed by atoms with Gasteiger partial charge in [-0.05, 0) is 63.3 Å². The number of aryl methyl sites for hydroxylation is 2. The summed E-state index contributed by atoms with van der Waals surface area (Å²) in [4.78, 5) is 26.3. The van der Waals surface area contributed by atoms with E-state index in [0.29, 0.717) is 0 Å². The van der Waals surface area contributed by atoms with Crippen molar-refractivity contribution in [3.63, 3.8) is 0 Å². The number of rotatable bonds is 2. The third-order valence-electron chi connectivity index (χ3n) is 4.58. The molecule has 3 rings (SSSR count). The number of anilines is 1. The molecule has 2 N–H and O–H groups in total. The summed E-state index contributed by atoms with van der Waals surface area (Å²) in [7, 11) is 0. The van der Waals surface area contributed by atoms with Crippen LogP contribution in [-0.2, 0) is 22.4 Å². The van der Waals surface area contributed by atoms with E-state index in [-0.39, 0.29) is 18.9 Å². The minimum atomic E-state index is -0.724. The Morgan fingerprint density at radius 1 is 1.24 bits per heavy atom. The van der Waals surface area contributed by atoms with Crippen LogP contribution in [0.15, 0.2) is 18.2 Å². The Morgan fingerprint density at radius 2 is 1.96 bits per heavy atom. The standard InChI is InChI=1S/C19H26N2O4/c1-19(2,3)25-18(24)21-11-15(22)10-16(21)17(23)20-14-8-7-12-5-4-6-13(12)9-14/h7-9,15-16,22H,4-6,10-11H2,1-3H3,(H,20,23)/t15-,16-/m0/s1. The Kier molecular flexibility index (Phi) is 4.73. The summed E-state index contributed by atoms with van der Waals surface area (Å²) in [6.45, 7) is 5.43. The number of amides is 2. The molecule has 0 aromatic heterocycles. The van der Waals surface area contributed by atoms with Gasteiger partial charge in [0.05, 0.1) is 12.6 Å². The van der Waals surface area contributed by atoms with Crippen molar-refractivity contribution in [3.8, 4) is 0 Å². The summed E-state index contributed by atoms with van der Waals surface area (Å²) in [5, 5.41) is 12.8. The highest BCUT2D eigenvalue weighted by atomic mass is 16.6. The summed E-state index contributed by atoms with van der Waals surface area (Å²) in [6, 6.07) is 5.22. The van der Waals surface area contributed by atoms with E-state index < -0.39 is 23.8 Å². The second kappa shape index (κ2) is 6.67. The van der Waals surface area contributed by atoms with Crippen molar-refractivity contribution >= 4 is 17.7 Å². The smallest absolute Gasteiger partial charge is 0.411 e. The molecule has 1 aliphatic heterocycles. The Balaban J connectivity index is 1.70. The number of ether oxygens (including phenoxy) is 1. The van der Waals surface area contributed by atoms with E-state index in [1.807, 2.05) is 18.2 Å². The number of fused-ring (bicyclic) bond motifs is 1. The lowest BCUT2D eigenvalue weighted by molar-refractivity contribution is -0.120. The van der Waals surface area contributed by atoms with E-state index in [0.717, 1.165) is 24.9 Å². The van der Waals surface area contributed by atoms with Crippen molar-refractivity contribution in [3.05, 3.63) is 29.3 Å². The molecule has 0 spiro atoms. The number of likely N-dealkylation sites (tertiary alicyclic amines) is 1. The zero-order valence-electron chi connectivity index (χ0n) is 15.0. The molecule has 2 amide bonds. The lowest BCUT2D eigenvalue weighted by Crippen LogP contribution is -2.45. The molecular weight excluding hydrogens is 320 g/mol. The SMILES string of the molecule is CC(C)(C)OC(=O)N1C[C@@H](O)C[C@H]1C(=O)Nc1ccc2c(c1)CCC2. The molecular formula is C19H26N2O4. The van der Waals surface area contributed by atoms with Crippen molar-refractivity contribution in [1.82, 2.24) is 4.90 Å². The average molecular weight is 346 g/mol. The zero-order chi connectivity index (χ0) is 18.2. The molecule has 1 heterocycles. The van der Waals surface area contributed by atoms with Gasteiger partial charge in [0.15, 0.2) is 0 Å². The van der Waals surface area contributed by atoms with Gasteiger partial charge in [0, 0.05) is 12.1 Å². The first kappa shape index (κ1) is 17.7. The van der Waals surface area contributed by atoms with Crippen molar-refractivity contribution in [2.45, 2.75) is 64.2 Å². The van der Waals surface area contributed by atoms with Gasteiger partial charge in [0.1, 0.15) is 11.6 Å². The summed E-state index contributed by atoms with van der Waals surface area (Å²) in [5.74, 6) is -0.291. The first-order chi connectivity index (χ1) is 11.7. The highest BCUT2D eigenvalue weighted by Crippen LogP contribution is 2.26. The molecule has 2 aliphatic rings. The van der Waals surface area contributed by atoms with Crippen LogP contribution >= 0.6 is 0 Å². The molecule has 2 atom stereocenters. The van der Waals surface area contributed by atoms with Crippen LogP contribution in [0, 0.1) is 0 Å². The zero-order valence-corrected chi connectivity index (χ0v) is 15.0. The van der Waals surface area contributed by atoms with Crippen molar-refractivity contribution in [1.29, 1.82) is 0 Å². The first-order valence-corrected chi connectivity index (χ1v) is 8.83. The van der Waals surface area contributed by atoms with Gasteiger partial charge in [-0.25, -0.2) is 4.79 Å². The van der Waals surface area contributed by atoms with Gasteiger partial charge in [0.25, 0.3) is 0 Å². The first-order valence-electron chi connectivity index (χ1n) is 8.83. The molecule has 6 nitrogen and oxygen atoms in total. The Morgan fingerprint density at radius 3 is 2.68 bits per heavy atom. The highest BCUT2D eigenvalue weighted by molar-refractivity contribution is 5.97. The number of β-amino-alcohol motifs (C(OH)–C–C–N with tert-alkyl or cyclic N) is 1. The monoisotopic (exact) mass is 346 g/mol. The molecule has 0 radical (unpaired) electrons. The molecule has 6 heteroatoms. The minimum Gasteiger partial charge on any atom is -0.444 e. The fraction of sp³-hybridized carbons (Fsp3) is 0.579. The van der Waals surface area contributed by atoms with Crippen LogP contribution in [0.1, 0.15) is 44.7 Å². The van der Waals surface area contributed by atoms with Gasteiger partial charge in [0.2, 0.25) is 5.91 Å². The Labute approximate surface area is 148 Å². The largest absolute Gasteiger partial charge is 0.444 e. The number of benzene rings is 1. The second-order valence-corrected chi connectivity index (χ2v) is 7.86. The van der Waals surface area contributed by atoms with Crippen molar-refractivity contribution < 1.29 is 19.4 Å². The molecule has 1 saturated heterocycles. The Bertz CT molecular complexity index is 680. The van der Waals surface area contributed by atoms with Crippen LogP contribution in [0.5, 0.6) is 0 Å². The summed E-state index contributed by atoms with van der Waals surface area (Å²) in [5.41, 5.74) is 2.69. The normalized spacial score (nSPS) is 22.6. The number of nitrogens with zero attached hydrogens (tertiary/aromatic N) is 1. The fourth-order valence-corrected chi connectivity index (χ4v) is 3.46. The van der Waals surface area contributed by atoms with Gasteiger partial charge in [-0.15, -0.1) is 0 Å². The van der Waals surface area contributed by atoms with Gasteiger partial charge < -0.3 is 15.2 Å². The maximum atomic E-state index is 12.7. The summed E-state index contributed by atoms with van der Waals surface area (Å²) in [6.07, 6.45) is 2.20. The van der Waals surface area contributed by atoms with Crippen LogP contribution in [0.3, 0.4) is 0 Å². The van der Waals surface area contributed by atoms with Crippen LogP contribution in [0.25, 0.3) is 0 Å². The number of hydrogen-bond acceptors (Lipinski definition) is 4. The number of aliphatic hydroxyl groups is 1. The van der Waals surface area contributed by atoms with Gasteiger partial charge in [-0.3, -0.25) is 9.69 Å². The minimum absolute atomic E-state index is 0.108. The van der Waals surface area contributed by atoms with Crippen molar-refractivity contribution in [2.24, 2.45) is 0 Å². The van der Waals surface area contributed by atoms with E-state index >= 15 is 0 Å². The highest BCUT2D eigenvalue weighted by Gasteiger charge is 2.40. The number of nitrogens with one attached hydrogen (secondary N) is 1. The molecule has 0 unspecified atom stereocenters. The molecule has 136 valence electrons. The molecule has 1 fully saturated rings. The molecule has 1 aromatic rings. The van der Waals surface area contributed by atoms with E-state index in [4.69, 9.17) is 4.74 Å². The number of carbonyl (C=O) groups excluding carboxylic acids is 2. The van der Waals surface area contributed by atoms with E-state index in [2.05, 4.69) is 5.32 Å². The molecule has 1 aliphatic carbocycles. The van der Waals surface area contributed by atoms with Crippen LogP contribution in [0.4, 0.5) is 10.5 Å². The van der Waals surface area contributed by atoms with E-state index in [9.17, 15) is 14.7 Å². The van der Waals surface area contributed by atoms with Crippen LogP contribution in [0.2, 0.25) is 0 Å². The maximum absolute atomic E-state index is 12.7. The molecule has 0 bridgehead atoms. The Hall–Kier alpha value is -2.08. The van der Waals surface area contributed by atoms with E-state index in [1.165, 1.54) is 16.0 Å². The predicted molar refractivity (Wildman–Crippen MR) is 94.4 cm³/mol. The van der Waals surface area contributed by atoms with Crippen molar-refractivity contribution in [2.75, 3.05) is 11.9 Å². The lowest BCUT2D eigenvalue weighted by Gasteiger charge is -2.27. The third-order valence-corrected chi connectivity index (χ3v) is 4.58. The summed E-state index contributed by atoms with van der Waals surface area (Å²) < 4.78 is 5.36. The van der Waals surface area contributed by atoms with Gasteiger partial charge >= 0.3 is 6.09 Å². The molecule has 25 heavy (non-hydrogen) atoms. The predicted octanol–water partition coefficient (Wildman–Crippen LogP) is 2.48. The maximum Gasteiger partial charge on any atom is 0.411 e. The average Bonchev–Trinajstić information content (AvgIpc) is 3.11.